The van der Waals surface area contributed by atoms with E-state index in [0.29, 0.717) is 34.2 Å². The molecule has 0 bridgehead atoms. The van der Waals surface area contributed by atoms with Crippen LogP contribution < -0.4 is 10.9 Å². The number of hydrogen-bond donors (Lipinski definition) is 1. The summed E-state index contributed by atoms with van der Waals surface area (Å²) in [6.45, 7) is 8.61. The molecule has 31 heavy (non-hydrogen) atoms. The maximum Gasteiger partial charge on any atom is 0.344 e. The monoisotopic (exact) mass is 449 g/mol. The first-order valence-electron chi connectivity index (χ1n) is 9.85. The summed E-state index contributed by atoms with van der Waals surface area (Å²) in [7, 11) is 1.43. The van der Waals surface area contributed by atoms with Gasteiger partial charge in [0.25, 0.3) is 11.5 Å². The molecule has 0 aliphatic heterocycles. The molecule has 2 aromatic rings. The molecule has 10 heteroatoms. The second kappa shape index (κ2) is 10.3. The molecule has 0 fully saturated rings. The summed E-state index contributed by atoms with van der Waals surface area (Å²) < 4.78 is 11.2. The number of anilines is 1. The molecular weight excluding hydrogens is 422 g/mol. The molecule has 0 saturated heterocycles. The van der Waals surface area contributed by atoms with Gasteiger partial charge in [-0.1, -0.05) is 13.8 Å². The molecule has 0 spiro atoms. The molecule has 9 nitrogen and oxygen atoms in total. The Balaban J connectivity index is 2.15. The van der Waals surface area contributed by atoms with E-state index in [1.165, 1.54) is 18.4 Å². The molecule has 2 heterocycles. The summed E-state index contributed by atoms with van der Waals surface area (Å²) in [6.07, 6.45) is 0.652. The number of carbonyl (C=O) groups excluding carboxylic acids is 3. The van der Waals surface area contributed by atoms with E-state index in [9.17, 15) is 19.2 Å². The van der Waals surface area contributed by atoms with Crippen molar-refractivity contribution in [1.29, 1.82) is 0 Å². The van der Waals surface area contributed by atoms with E-state index in [2.05, 4.69) is 10.4 Å². The Bertz CT molecular complexity index is 1050. The quantitative estimate of drug-likeness (QED) is 0.616. The van der Waals surface area contributed by atoms with Crippen LogP contribution in [0.15, 0.2) is 10.2 Å². The number of aryl methyl sites for hydroxylation is 2. The lowest BCUT2D eigenvalue weighted by atomic mass is 10.0. The second-order valence-electron chi connectivity index (χ2n) is 7.42. The number of nitrogens with zero attached hydrogens (tertiary/aromatic N) is 2. The lowest BCUT2D eigenvalue weighted by molar-refractivity contribution is -0.119. The van der Waals surface area contributed by atoms with Crippen molar-refractivity contribution in [2.75, 3.05) is 18.5 Å². The van der Waals surface area contributed by atoms with Gasteiger partial charge in [-0.2, -0.15) is 5.10 Å². The number of rotatable bonds is 8. The predicted octanol–water partition coefficient (Wildman–Crippen LogP) is 2.63. The summed E-state index contributed by atoms with van der Waals surface area (Å²) in [6, 6.07) is 0. The maximum absolute atomic E-state index is 12.4. The Labute approximate surface area is 184 Å². The van der Waals surface area contributed by atoms with Crippen LogP contribution in [0.2, 0.25) is 0 Å². The van der Waals surface area contributed by atoms with Crippen LogP contribution >= 0.6 is 11.3 Å². The van der Waals surface area contributed by atoms with E-state index in [0.717, 1.165) is 10.2 Å². The normalized spacial score (nSPS) is 10.8. The van der Waals surface area contributed by atoms with Gasteiger partial charge in [0.1, 0.15) is 10.6 Å². The number of carbonyl (C=O) groups is 3. The number of ether oxygens (including phenoxy) is 2. The van der Waals surface area contributed by atoms with Crippen LogP contribution in [-0.2, 0) is 27.7 Å². The van der Waals surface area contributed by atoms with E-state index in [-0.39, 0.29) is 12.2 Å². The minimum atomic E-state index is -0.906. The van der Waals surface area contributed by atoms with Crippen molar-refractivity contribution in [2.45, 2.75) is 41.0 Å². The van der Waals surface area contributed by atoms with Gasteiger partial charge in [-0.25, -0.2) is 14.3 Å². The summed E-state index contributed by atoms with van der Waals surface area (Å²) >= 11 is 1.21. The van der Waals surface area contributed by atoms with Crippen molar-refractivity contribution in [3.8, 4) is 0 Å². The van der Waals surface area contributed by atoms with E-state index in [1.807, 2.05) is 13.8 Å². The number of hydrogen-bond acceptors (Lipinski definition) is 8. The third-order valence-electron chi connectivity index (χ3n) is 4.49. The topological polar surface area (TPSA) is 117 Å². The number of esters is 2. The highest BCUT2D eigenvalue weighted by Gasteiger charge is 2.24. The van der Waals surface area contributed by atoms with Gasteiger partial charge < -0.3 is 14.8 Å². The highest BCUT2D eigenvalue weighted by atomic mass is 32.1. The van der Waals surface area contributed by atoms with Crippen molar-refractivity contribution in [3.05, 3.63) is 43.7 Å². The minimum Gasteiger partial charge on any atom is -0.462 e. The smallest absolute Gasteiger partial charge is 0.344 e. The van der Waals surface area contributed by atoms with Crippen LogP contribution in [0.3, 0.4) is 0 Å². The largest absolute Gasteiger partial charge is 0.462 e. The first-order valence-corrected chi connectivity index (χ1v) is 10.7. The Kier molecular flexibility index (Phi) is 8.09. The fourth-order valence-electron chi connectivity index (χ4n) is 2.96. The van der Waals surface area contributed by atoms with Gasteiger partial charge in [-0.15, -0.1) is 11.3 Å². The van der Waals surface area contributed by atoms with Crippen molar-refractivity contribution in [3.63, 3.8) is 0 Å². The van der Waals surface area contributed by atoms with Gasteiger partial charge in [0.05, 0.1) is 17.9 Å². The molecule has 0 aliphatic rings. The van der Waals surface area contributed by atoms with Gasteiger partial charge in [-0.05, 0) is 49.6 Å². The molecule has 0 aromatic carbocycles. The highest BCUT2D eigenvalue weighted by Crippen LogP contribution is 2.31. The highest BCUT2D eigenvalue weighted by molar-refractivity contribution is 7.15. The maximum atomic E-state index is 12.4. The first-order chi connectivity index (χ1) is 14.6. The van der Waals surface area contributed by atoms with Crippen molar-refractivity contribution < 1.29 is 23.9 Å². The van der Waals surface area contributed by atoms with Gasteiger partial charge in [0, 0.05) is 7.05 Å². The van der Waals surface area contributed by atoms with Gasteiger partial charge in [-0.3, -0.25) is 9.59 Å². The first kappa shape index (κ1) is 24.3. The van der Waals surface area contributed by atoms with Crippen LogP contribution in [0.1, 0.15) is 58.3 Å². The van der Waals surface area contributed by atoms with Crippen LogP contribution in [0.25, 0.3) is 0 Å². The molecule has 2 aromatic heterocycles. The zero-order valence-electron chi connectivity index (χ0n) is 18.5. The zero-order chi connectivity index (χ0) is 23.3. The molecule has 1 amide bonds. The van der Waals surface area contributed by atoms with E-state index >= 15 is 0 Å². The van der Waals surface area contributed by atoms with E-state index in [1.54, 1.807) is 26.2 Å². The molecule has 0 saturated carbocycles. The molecule has 0 aliphatic carbocycles. The lowest BCUT2D eigenvalue weighted by Gasteiger charge is -2.11. The van der Waals surface area contributed by atoms with Gasteiger partial charge >= 0.3 is 11.9 Å². The molecule has 1 N–H and O–H groups in total. The fraction of sp³-hybridized carbons (Fsp3) is 0.476. The van der Waals surface area contributed by atoms with Crippen molar-refractivity contribution in [1.82, 2.24) is 9.78 Å². The van der Waals surface area contributed by atoms with Crippen LogP contribution in [0.5, 0.6) is 0 Å². The Morgan fingerprint density at radius 1 is 1.16 bits per heavy atom. The van der Waals surface area contributed by atoms with Crippen molar-refractivity contribution >= 4 is 34.2 Å². The minimum absolute atomic E-state index is 0.162. The predicted molar refractivity (Wildman–Crippen MR) is 117 cm³/mol. The summed E-state index contributed by atoms with van der Waals surface area (Å²) in [5.74, 6) is -1.74. The summed E-state index contributed by atoms with van der Waals surface area (Å²) in [5.41, 5.74) is 1.25. The molecule has 0 unspecified atom stereocenters. The molecule has 2 rings (SSSR count). The van der Waals surface area contributed by atoms with Crippen molar-refractivity contribution in [2.24, 2.45) is 13.0 Å². The average Bonchev–Trinajstić information content (AvgIpc) is 3.06. The molecule has 168 valence electrons. The summed E-state index contributed by atoms with van der Waals surface area (Å²) in [5, 5.41) is 8.76. The fourth-order valence-corrected chi connectivity index (χ4v) is 3.94. The number of nitrogens with one attached hydrogen (secondary N) is 1. The third-order valence-corrected chi connectivity index (χ3v) is 5.44. The number of aromatic nitrogens is 2. The Hall–Kier alpha value is -3.01. The molecule has 0 atom stereocenters. The van der Waals surface area contributed by atoms with E-state index < -0.39 is 30.0 Å². The summed E-state index contributed by atoms with van der Waals surface area (Å²) in [4.78, 5) is 49.5. The molecule has 0 radical (unpaired) electrons. The zero-order valence-corrected chi connectivity index (χ0v) is 19.3. The van der Waals surface area contributed by atoms with Crippen LogP contribution in [0, 0.1) is 19.8 Å². The lowest BCUT2D eigenvalue weighted by Crippen LogP contribution is -2.31. The second-order valence-corrected chi connectivity index (χ2v) is 8.30. The average molecular weight is 450 g/mol. The third kappa shape index (κ3) is 5.78. The molecular formula is C21H27N3O6S. The van der Waals surface area contributed by atoms with Crippen LogP contribution in [0.4, 0.5) is 5.00 Å². The number of thiophene rings is 1. The van der Waals surface area contributed by atoms with Crippen LogP contribution in [-0.4, -0.2) is 40.8 Å². The van der Waals surface area contributed by atoms with Gasteiger partial charge in [0.2, 0.25) is 0 Å². The van der Waals surface area contributed by atoms with Gasteiger partial charge in [0.15, 0.2) is 6.61 Å². The Morgan fingerprint density at radius 3 is 2.42 bits per heavy atom. The Morgan fingerprint density at radius 2 is 1.81 bits per heavy atom. The standard InChI is InChI=1S/C21H27N3O6S/c1-7-29-21(28)17-14(8-11(2)3)10-31-18(17)22-15(25)9-30-20(27)16-12(4)13(5)23-24(6)19(16)26/h10-11H,7-9H2,1-6H3,(H,22,25). The number of amides is 1. The van der Waals surface area contributed by atoms with E-state index in [4.69, 9.17) is 9.47 Å². The SMILES string of the molecule is CCOC(=O)c1c(CC(C)C)csc1NC(=O)COC(=O)c1c(C)c(C)nn(C)c1=O.